The van der Waals surface area contributed by atoms with Crippen molar-refractivity contribution in [2.45, 2.75) is 18.9 Å². The van der Waals surface area contributed by atoms with Gasteiger partial charge in [0, 0.05) is 6.42 Å². The second kappa shape index (κ2) is 7.44. The molecule has 0 spiro atoms. The summed E-state index contributed by atoms with van der Waals surface area (Å²) in [4.78, 5) is 33.2. The first kappa shape index (κ1) is 16.7. The molecule has 0 saturated carbocycles. The summed E-state index contributed by atoms with van der Waals surface area (Å²) in [5, 5.41) is 13.3. The fourth-order valence-corrected chi connectivity index (χ4v) is 1.67. The molecule has 0 bridgehead atoms. The summed E-state index contributed by atoms with van der Waals surface area (Å²) in [6.45, 7) is 0. The zero-order chi connectivity index (χ0) is 16.0. The Morgan fingerprint density at radius 1 is 1.38 bits per heavy atom. The van der Waals surface area contributed by atoms with Crippen molar-refractivity contribution in [2.24, 2.45) is 5.73 Å². The molecule has 21 heavy (non-hydrogen) atoms. The van der Waals surface area contributed by atoms with Crippen LogP contribution in [0.4, 0.5) is 14.9 Å². The minimum atomic E-state index is -1.31. The van der Waals surface area contributed by atoms with Gasteiger partial charge in [-0.05, 0) is 24.6 Å². The number of primary amides is 1. The number of rotatable bonds is 6. The normalized spacial score (nSPS) is 11.5. The summed E-state index contributed by atoms with van der Waals surface area (Å²) in [5.74, 6) is -2.56. The van der Waals surface area contributed by atoms with E-state index in [1.807, 2.05) is 0 Å². The predicted octanol–water partition coefficient (Wildman–Crippen LogP) is 1.32. The van der Waals surface area contributed by atoms with E-state index in [-0.39, 0.29) is 23.6 Å². The number of amides is 3. The van der Waals surface area contributed by atoms with Crippen LogP contribution < -0.4 is 16.4 Å². The van der Waals surface area contributed by atoms with Crippen molar-refractivity contribution in [3.05, 3.63) is 29.0 Å². The molecule has 0 aliphatic rings. The first-order chi connectivity index (χ1) is 9.79. The van der Waals surface area contributed by atoms with Crippen LogP contribution in [0.3, 0.4) is 0 Å². The molecular formula is C12H13ClFN3O4. The van der Waals surface area contributed by atoms with Gasteiger partial charge in [-0.2, -0.15) is 0 Å². The topological polar surface area (TPSA) is 122 Å². The molecule has 9 heteroatoms. The minimum Gasteiger partial charge on any atom is -0.480 e. The molecule has 3 amide bonds. The molecule has 0 heterocycles. The van der Waals surface area contributed by atoms with E-state index >= 15 is 0 Å². The number of carbonyl (C=O) groups is 3. The van der Waals surface area contributed by atoms with Crippen molar-refractivity contribution < 1.29 is 23.9 Å². The van der Waals surface area contributed by atoms with Crippen LogP contribution in [0.15, 0.2) is 18.2 Å². The molecular weight excluding hydrogens is 305 g/mol. The van der Waals surface area contributed by atoms with Crippen LogP contribution in [0, 0.1) is 5.82 Å². The van der Waals surface area contributed by atoms with Crippen molar-refractivity contribution in [1.29, 1.82) is 0 Å². The Morgan fingerprint density at radius 2 is 2.05 bits per heavy atom. The molecule has 0 fully saturated rings. The van der Waals surface area contributed by atoms with Gasteiger partial charge in [-0.25, -0.2) is 14.0 Å². The largest absolute Gasteiger partial charge is 0.480 e. The Balaban J connectivity index is 2.65. The van der Waals surface area contributed by atoms with E-state index in [0.29, 0.717) is 0 Å². The Bertz CT molecular complexity index is 567. The molecule has 1 atom stereocenters. The standard InChI is InChI=1S/C12H13ClFN3O4/c13-7-5-6(14)1-2-8(7)16-12(21)17-9(11(19)20)3-4-10(15)18/h1-2,5,9H,3-4H2,(H2,15,18)(H,19,20)(H2,16,17,21). The lowest BCUT2D eigenvalue weighted by Gasteiger charge is -2.15. The third-order valence-corrected chi connectivity index (χ3v) is 2.77. The molecule has 0 saturated heterocycles. The first-order valence-corrected chi connectivity index (χ1v) is 6.21. The first-order valence-electron chi connectivity index (χ1n) is 5.83. The number of carboxylic acids is 1. The van der Waals surface area contributed by atoms with Crippen LogP contribution in [0.25, 0.3) is 0 Å². The molecule has 0 aliphatic carbocycles. The second-order valence-electron chi connectivity index (χ2n) is 4.12. The van der Waals surface area contributed by atoms with Gasteiger partial charge >= 0.3 is 12.0 Å². The third kappa shape index (κ3) is 5.65. The Kier molecular flexibility index (Phi) is 5.92. The highest BCUT2D eigenvalue weighted by Crippen LogP contribution is 2.22. The number of benzene rings is 1. The van der Waals surface area contributed by atoms with E-state index in [2.05, 4.69) is 10.6 Å². The number of anilines is 1. The zero-order valence-electron chi connectivity index (χ0n) is 10.7. The van der Waals surface area contributed by atoms with Gasteiger partial charge in [0.1, 0.15) is 11.9 Å². The van der Waals surface area contributed by atoms with Gasteiger partial charge in [-0.1, -0.05) is 11.6 Å². The number of carbonyl (C=O) groups excluding carboxylic acids is 2. The fraction of sp³-hybridized carbons (Fsp3) is 0.250. The van der Waals surface area contributed by atoms with E-state index < -0.39 is 29.8 Å². The molecule has 1 aromatic rings. The van der Waals surface area contributed by atoms with Crippen molar-refractivity contribution in [3.63, 3.8) is 0 Å². The summed E-state index contributed by atoms with van der Waals surface area (Å²) in [7, 11) is 0. The van der Waals surface area contributed by atoms with Gasteiger partial charge in [-0.3, -0.25) is 4.79 Å². The van der Waals surface area contributed by atoms with Crippen LogP contribution in [-0.2, 0) is 9.59 Å². The average Bonchev–Trinajstić information content (AvgIpc) is 2.37. The molecule has 1 rings (SSSR count). The molecule has 1 unspecified atom stereocenters. The highest BCUT2D eigenvalue weighted by Gasteiger charge is 2.20. The Morgan fingerprint density at radius 3 is 2.57 bits per heavy atom. The van der Waals surface area contributed by atoms with Gasteiger partial charge < -0.3 is 21.5 Å². The van der Waals surface area contributed by atoms with Gasteiger partial charge in [-0.15, -0.1) is 0 Å². The zero-order valence-corrected chi connectivity index (χ0v) is 11.5. The molecule has 0 radical (unpaired) electrons. The fourth-order valence-electron chi connectivity index (χ4n) is 1.45. The molecule has 7 nitrogen and oxygen atoms in total. The summed E-state index contributed by atoms with van der Waals surface area (Å²) in [5.41, 5.74) is 5.04. The number of urea groups is 1. The number of nitrogens with one attached hydrogen (secondary N) is 2. The number of halogens is 2. The number of nitrogens with two attached hydrogens (primary N) is 1. The van der Waals surface area contributed by atoms with Gasteiger partial charge in [0.25, 0.3) is 0 Å². The molecule has 1 aromatic carbocycles. The number of aliphatic carboxylic acids is 1. The van der Waals surface area contributed by atoms with E-state index in [1.54, 1.807) is 0 Å². The predicted molar refractivity (Wildman–Crippen MR) is 73.4 cm³/mol. The molecule has 114 valence electrons. The van der Waals surface area contributed by atoms with E-state index in [0.717, 1.165) is 12.1 Å². The highest BCUT2D eigenvalue weighted by atomic mass is 35.5. The van der Waals surface area contributed by atoms with Crippen LogP contribution in [0.1, 0.15) is 12.8 Å². The summed E-state index contributed by atoms with van der Waals surface area (Å²) in [6.07, 6.45) is -0.330. The quantitative estimate of drug-likeness (QED) is 0.632. The van der Waals surface area contributed by atoms with Crippen molar-refractivity contribution in [2.75, 3.05) is 5.32 Å². The molecule has 5 N–H and O–H groups in total. The lowest BCUT2D eigenvalue weighted by atomic mass is 10.1. The smallest absolute Gasteiger partial charge is 0.326 e. The van der Waals surface area contributed by atoms with E-state index in [9.17, 15) is 18.8 Å². The molecule has 0 aromatic heterocycles. The number of carboxylic acid groups (broad SMARTS) is 1. The van der Waals surface area contributed by atoms with Crippen molar-refractivity contribution in [3.8, 4) is 0 Å². The van der Waals surface area contributed by atoms with E-state index in [4.69, 9.17) is 22.4 Å². The summed E-state index contributed by atoms with van der Waals surface area (Å²) >= 11 is 5.72. The Labute approximate surface area is 124 Å². The summed E-state index contributed by atoms with van der Waals surface area (Å²) in [6, 6.07) is 1.19. The highest BCUT2D eigenvalue weighted by molar-refractivity contribution is 6.33. The minimum absolute atomic E-state index is 0.0332. The maximum absolute atomic E-state index is 12.8. The van der Waals surface area contributed by atoms with Crippen LogP contribution >= 0.6 is 11.6 Å². The monoisotopic (exact) mass is 317 g/mol. The third-order valence-electron chi connectivity index (χ3n) is 2.46. The van der Waals surface area contributed by atoms with Crippen LogP contribution in [-0.4, -0.2) is 29.1 Å². The molecule has 0 aliphatic heterocycles. The Hall–Kier alpha value is -2.35. The van der Waals surface area contributed by atoms with Crippen LogP contribution in [0.5, 0.6) is 0 Å². The maximum atomic E-state index is 12.8. The maximum Gasteiger partial charge on any atom is 0.326 e. The average molecular weight is 318 g/mol. The SMILES string of the molecule is NC(=O)CCC(NC(=O)Nc1ccc(F)cc1Cl)C(=O)O. The van der Waals surface area contributed by atoms with Crippen LogP contribution in [0.2, 0.25) is 5.02 Å². The van der Waals surface area contributed by atoms with E-state index in [1.165, 1.54) is 6.07 Å². The summed E-state index contributed by atoms with van der Waals surface area (Å²) < 4.78 is 12.8. The van der Waals surface area contributed by atoms with Crippen molar-refractivity contribution in [1.82, 2.24) is 5.32 Å². The van der Waals surface area contributed by atoms with Gasteiger partial charge in [0.15, 0.2) is 0 Å². The van der Waals surface area contributed by atoms with Gasteiger partial charge in [0.05, 0.1) is 10.7 Å². The van der Waals surface area contributed by atoms with Crippen molar-refractivity contribution >= 4 is 35.2 Å². The lowest BCUT2D eigenvalue weighted by Crippen LogP contribution is -2.43. The lowest BCUT2D eigenvalue weighted by molar-refractivity contribution is -0.139. The van der Waals surface area contributed by atoms with Gasteiger partial charge in [0.2, 0.25) is 5.91 Å². The number of hydrogen-bond acceptors (Lipinski definition) is 3. The second-order valence-corrected chi connectivity index (χ2v) is 4.53. The number of hydrogen-bond donors (Lipinski definition) is 4.